The summed E-state index contributed by atoms with van der Waals surface area (Å²) < 4.78 is 50.9. The summed E-state index contributed by atoms with van der Waals surface area (Å²) in [5.74, 6) is -7.91. The molecule has 1 atom stereocenters. The third-order valence-electron chi connectivity index (χ3n) is 3.01. The van der Waals surface area contributed by atoms with Crippen LogP contribution < -0.4 is 10.6 Å². The Balaban J connectivity index is 2.24. The van der Waals surface area contributed by atoms with Crippen molar-refractivity contribution in [3.05, 3.63) is 48.2 Å². The van der Waals surface area contributed by atoms with E-state index in [1.807, 2.05) is 0 Å². The molecule has 1 aromatic heterocycles. The lowest BCUT2D eigenvalue weighted by atomic mass is 10.1. The number of rotatable bonds is 6. The summed E-state index contributed by atoms with van der Waals surface area (Å²) in [5.41, 5.74) is 0.146. The second-order valence-electron chi connectivity index (χ2n) is 4.70. The van der Waals surface area contributed by atoms with Crippen LogP contribution >= 0.6 is 0 Å². The van der Waals surface area contributed by atoms with Crippen molar-refractivity contribution in [1.29, 1.82) is 0 Å². The number of anilines is 1. The number of halogens is 4. The summed E-state index contributed by atoms with van der Waals surface area (Å²) >= 11 is 0. The van der Waals surface area contributed by atoms with Crippen molar-refractivity contribution in [1.82, 2.24) is 15.5 Å². The van der Waals surface area contributed by atoms with Gasteiger partial charge in [-0.3, -0.25) is 14.7 Å². The first kappa shape index (κ1) is 17.4. The van der Waals surface area contributed by atoms with E-state index < -0.39 is 30.2 Å². The highest BCUT2D eigenvalue weighted by molar-refractivity contribution is 5.98. The first-order valence-corrected chi connectivity index (χ1v) is 6.64. The first-order valence-electron chi connectivity index (χ1n) is 6.64. The van der Waals surface area contributed by atoms with E-state index in [-0.39, 0.29) is 11.4 Å². The van der Waals surface area contributed by atoms with Crippen LogP contribution in [0.25, 0.3) is 0 Å². The van der Waals surface area contributed by atoms with Gasteiger partial charge in [-0.25, -0.2) is 8.78 Å². The third-order valence-corrected chi connectivity index (χ3v) is 3.01. The minimum Gasteiger partial charge on any atom is -0.335 e. The molecule has 0 spiro atoms. The largest absolute Gasteiger partial charge is 0.383 e. The lowest BCUT2D eigenvalue weighted by molar-refractivity contribution is -0.170. The van der Waals surface area contributed by atoms with Crippen molar-refractivity contribution in [2.45, 2.75) is 18.4 Å². The van der Waals surface area contributed by atoms with E-state index in [2.05, 4.69) is 15.5 Å². The van der Waals surface area contributed by atoms with E-state index in [0.29, 0.717) is 0 Å². The second kappa shape index (κ2) is 7.11. The molecule has 10 heteroatoms. The fraction of sp³-hybridized carbons (Fsp3) is 0.214. The fourth-order valence-corrected chi connectivity index (χ4v) is 1.80. The van der Waals surface area contributed by atoms with Gasteiger partial charge in [0.15, 0.2) is 0 Å². The number of carbonyl (C=O) groups is 2. The molecule has 0 radical (unpaired) electrons. The molecule has 1 heterocycles. The van der Waals surface area contributed by atoms with Gasteiger partial charge in [0.2, 0.25) is 0 Å². The fourth-order valence-electron chi connectivity index (χ4n) is 1.80. The maximum Gasteiger partial charge on any atom is 0.383 e. The van der Waals surface area contributed by atoms with Crippen molar-refractivity contribution in [3.63, 3.8) is 0 Å². The number of alkyl halides is 4. The van der Waals surface area contributed by atoms with Gasteiger partial charge in [0.05, 0.1) is 6.20 Å². The van der Waals surface area contributed by atoms with Crippen LogP contribution in [0.15, 0.2) is 42.6 Å². The van der Waals surface area contributed by atoms with Gasteiger partial charge in [-0.1, -0.05) is 30.3 Å². The quantitative estimate of drug-likeness (QED) is 0.702. The van der Waals surface area contributed by atoms with Crippen molar-refractivity contribution in [2.75, 3.05) is 5.32 Å². The highest BCUT2D eigenvalue weighted by Crippen LogP contribution is 2.25. The van der Waals surface area contributed by atoms with Gasteiger partial charge in [-0.05, 0) is 5.56 Å². The number of nitrogens with one attached hydrogen (secondary N) is 3. The summed E-state index contributed by atoms with van der Waals surface area (Å²) in [6.45, 7) is 0. The number of H-pyrrole nitrogens is 1. The smallest absolute Gasteiger partial charge is 0.335 e. The molecule has 0 aliphatic rings. The number of hydrogen-bond donors (Lipinski definition) is 3. The van der Waals surface area contributed by atoms with E-state index in [4.69, 9.17) is 0 Å². The number of aromatic amines is 1. The predicted molar refractivity (Wildman–Crippen MR) is 75.5 cm³/mol. The van der Waals surface area contributed by atoms with Crippen LogP contribution in [-0.4, -0.2) is 34.4 Å². The lowest BCUT2D eigenvalue weighted by Gasteiger charge is -2.21. The van der Waals surface area contributed by atoms with Crippen LogP contribution in [-0.2, 0) is 9.59 Å². The number of carbonyl (C=O) groups excluding carboxylic acids is 2. The molecular formula is C14H12F4N4O2. The van der Waals surface area contributed by atoms with Crippen LogP contribution in [0, 0.1) is 0 Å². The van der Waals surface area contributed by atoms with Gasteiger partial charge < -0.3 is 10.6 Å². The molecule has 128 valence electrons. The molecule has 2 aromatic rings. The Bertz CT molecular complexity index is 692. The average molecular weight is 344 g/mol. The zero-order valence-corrected chi connectivity index (χ0v) is 12.0. The highest BCUT2D eigenvalue weighted by Gasteiger charge is 2.50. The van der Waals surface area contributed by atoms with E-state index in [0.717, 1.165) is 0 Å². The van der Waals surface area contributed by atoms with Gasteiger partial charge >= 0.3 is 12.3 Å². The second-order valence-corrected chi connectivity index (χ2v) is 4.70. The Labute approximate surface area is 133 Å². The topological polar surface area (TPSA) is 86.9 Å². The van der Waals surface area contributed by atoms with Gasteiger partial charge in [0.25, 0.3) is 11.8 Å². The van der Waals surface area contributed by atoms with E-state index in [1.54, 1.807) is 11.4 Å². The molecule has 0 bridgehead atoms. The number of nitrogens with zero attached hydrogens (tertiary/aromatic N) is 1. The number of aromatic nitrogens is 2. The first-order chi connectivity index (χ1) is 11.3. The Morgan fingerprint density at radius 3 is 2.33 bits per heavy atom. The molecule has 1 aromatic carbocycles. The van der Waals surface area contributed by atoms with E-state index in [9.17, 15) is 27.2 Å². The maximum absolute atomic E-state index is 13.1. The van der Waals surface area contributed by atoms with Gasteiger partial charge in [0.1, 0.15) is 11.9 Å². The van der Waals surface area contributed by atoms with Crippen molar-refractivity contribution in [3.8, 4) is 0 Å². The molecular weight excluding hydrogens is 332 g/mol. The molecule has 0 fully saturated rings. The SMILES string of the molecule is O=C(Nc1ccn[nH]1)C(NC(=O)C(F)(F)C(F)F)c1ccccc1. The standard InChI is InChI=1S/C14H12F4N4O2/c15-12(16)14(17,18)13(24)21-10(8-4-2-1-3-5-8)11(23)20-9-6-7-19-22-9/h1-7,10,12H,(H,21,24)(H2,19,20,22,23). The summed E-state index contributed by atoms with van der Waals surface area (Å²) in [5, 5.41) is 9.95. The van der Waals surface area contributed by atoms with Crippen LogP contribution in [0.3, 0.4) is 0 Å². The minimum absolute atomic E-state index is 0.146. The zero-order valence-electron chi connectivity index (χ0n) is 12.0. The number of hydrogen-bond acceptors (Lipinski definition) is 3. The van der Waals surface area contributed by atoms with Crippen LogP contribution in [0.1, 0.15) is 11.6 Å². The minimum atomic E-state index is -4.92. The predicted octanol–water partition coefficient (Wildman–Crippen LogP) is 2.11. The van der Waals surface area contributed by atoms with Crippen LogP contribution in [0.5, 0.6) is 0 Å². The molecule has 1 unspecified atom stereocenters. The molecule has 0 saturated carbocycles. The van der Waals surface area contributed by atoms with Gasteiger partial charge in [-0.2, -0.15) is 13.9 Å². The molecule has 0 aliphatic carbocycles. The highest BCUT2D eigenvalue weighted by atomic mass is 19.3. The Kier molecular flexibility index (Phi) is 5.17. The average Bonchev–Trinajstić information content (AvgIpc) is 3.05. The summed E-state index contributed by atoms with van der Waals surface area (Å²) in [4.78, 5) is 23.7. The van der Waals surface area contributed by atoms with Crippen LogP contribution in [0.2, 0.25) is 0 Å². The summed E-state index contributed by atoms with van der Waals surface area (Å²) in [7, 11) is 0. The van der Waals surface area contributed by atoms with Gasteiger partial charge in [-0.15, -0.1) is 0 Å². The molecule has 6 nitrogen and oxygen atoms in total. The number of benzene rings is 1. The van der Waals surface area contributed by atoms with Gasteiger partial charge in [0, 0.05) is 6.07 Å². The lowest BCUT2D eigenvalue weighted by Crippen LogP contribution is -2.48. The normalized spacial score (nSPS) is 12.7. The number of amides is 2. The molecule has 0 aliphatic heterocycles. The Morgan fingerprint density at radius 1 is 1.12 bits per heavy atom. The van der Waals surface area contributed by atoms with Crippen molar-refractivity contribution in [2.24, 2.45) is 0 Å². The summed E-state index contributed by atoms with van der Waals surface area (Å²) in [6, 6.07) is 7.17. The molecule has 0 saturated heterocycles. The zero-order chi connectivity index (χ0) is 17.7. The van der Waals surface area contributed by atoms with E-state index >= 15 is 0 Å². The van der Waals surface area contributed by atoms with Crippen molar-refractivity contribution < 1.29 is 27.2 Å². The van der Waals surface area contributed by atoms with E-state index in [1.165, 1.54) is 36.5 Å². The third kappa shape index (κ3) is 3.89. The van der Waals surface area contributed by atoms with Crippen LogP contribution in [0.4, 0.5) is 23.4 Å². The van der Waals surface area contributed by atoms with Crippen molar-refractivity contribution >= 4 is 17.6 Å². The molecule has 3 N–H and O–H groups in total. The Hall–Kier alpha value is -2.91. The molecule has 24 heavy (non-hydrogen) atoms. The molecule has 2 rings (SSSR count). The molecule has 2 amide bonds. The monoisotopic (exact) mass is 344 g/mol. The maximum atomic E-state index is 13.1. The summed E-state index contributed by atoms with van der Waals surface area (Å²) in [6.07, 6.45) is -2.86. The Morgan fingerprint density at radius 2 is 1.79 bits per heavy atom.